The molecule has 0 aliphatic carbocycles. The molecule has 0 spiro atoms. The number of carbonyl (C=O) groups is 1. The summed E-state index contributed by atoms with van der Waals surface area (Å²) in [4.78, 5) is 12.1. The maximum atomic E-state index is 13.3. The van der Waals surface area contributed by atoms with E-state index in [9.17, 15) is 9.18 Å². The zero-order chi connectivity index (χ0) is 13.7. The topological polar surface area (TPSA) is 43.1 Å². The first-order valence-corrected chi connectivity index (χ1v) is 6.49. The van der Waals surface area contributed by atoms with Crippen LogP contribution in [-0.2, 0) is 11.2 Å². The number of hydrogen-bond donors (Lipinski definition) is 1. The van der Waals surface area contributed by atoms with E-state index in [-0.39, 0.29) is 23.1 Å². The second kappa shape index (κ2) is 6.86. The van der Waals surface area contributed by atoms with Crippen LogP contribution in [0.3, 0.4) is 0 Å². The van der Waals surface area contributed by atoms with Crippen LogP contribution in [0.2, 0.25) is 5.02 Å². The molecule has 1 unspecified atom stereocenters. The minimum absolute atomic E-state index is 0.0266. The molecule has 0 aliphatic rings. The third-order valence-electron chi connectivity index (χ3n) is 2.89. The fourth-order valence-electron chi connectivity index (χ4n) is 1.95. The van der Waals surface area contributed by atoms with E-state index < -0.39 is 5.82 Å². The molecule has 1 aromatic carbocycles. The average molecular weight is 272 g/mol. The van der Waals surface area contributed by atoms with E-state index in [2.05, 4.69) is 0 Å². The van der Waals surface area contributed by atoms with Gasteiger partial charge in [0.05, 0.1) is 5.02 Å². The van der Waals surface area contributed by atoms with Crippen LogP contribution >= 0.6 is 11.6 Å². The van der Waals surface area contributed by atoms with Crippen molar-refractivity contribution < 1.29 is 9.18 Å². The van der Waals surface area contributed by atoms with Crippen LogP contribution in [-0.4, -0.2) is 12.3 Å². The van der Waals surface area contributed by atoms with Crippen molar-refractivity contribution in [2.45, 2.75) is 26.7 Å². The largest absolute Gasteiger partial charge is 0.330 e. The molecule has 0 bridgehead atoms. The van der Waals surface area contributed by atoms with Crippen LogP contribution in [0.5, 0.6) is 0 Å². The second-order valence-electron chi connectivity index (χ2n) is 4.92. The van der Waals surface area contributed by atoms with Gasteiger partial charge in [0.25, 0.3) is 0 Å². The summed E-state index contributed by atoms with van der Waals surface area (Å²) in [6.45, 7) is 4.42. The van der Waals surface area contributed by atoms with Crippen LogP contribution in [0.1, 0.15) is 25.8 Å². The minimum Gasteiger partial charge on any atom is -0.330 e. The monoisotopic (exact) mass is 271 g/mol. The van der Waals surface area contributed by atoms with E-state index in [4.69, 9.17) is 17.3 Å². The smallest absolute Gasteiger partial charge is 0.142 e. The molecule has 2 N–H and O–H groups in total. The lowest BCUT2D eigenvalue weighted by atomic mass is 9.90. The Labute approximate surface area is 112 Å². The summed E-state index contributed by atoms with van der Waals surface area (Å²) >= 11 is 5.83. The Morgan fingerprint density at radius 3 is 2.67 bits per heavy atom. The first kappa shape index (κ1) is 15.1. The van der Waals surface area contributed by atoms with E-state index in [1.165, 1.54) is 6.07 Å². The highest BCUT2D eigenvalue weighted by atomic mass is 35.5. The molecule has 0 aromatic heterocycles. The third kappa shape index (κ3) is 4.07. The first-order chi connectivity index (χ1) is 8.45. The van der Waals surface area contributed by atoms with Gasteiger partial charge in [0.1, 0.15) is 11.6 Å². The number of hydrogen-bond acceptors (Lipinski definition) is 2. The van der Waals surface area contributed by atoms with Crippen molar-refractivity contribution in [2.75, 3.05) is 6.54 Å². The third-order valence-corrected chi connectivity index (χ3v) is 3.32. The van der Waals surface area contributed by atoms with Gasteiger partial charge in [0, 0.05) is 18.9 Å². The molecule has 0 heterocycles. The van der Waals surface area contributed by atoms with Gasteiger partial charge in [-0.25, -0.2) is 4.39 Å². The summed E-state index contributed by atoms with van der Waals surface area (Å²) in [6.07, 6.45) is 0.896. The highest BCUT2D eigenvalue weighted by Gasteiger charge is 2.19. The number of halogens is 2. The Morgan fingerprint density at radius 1 is 1.44 bits per heavy atom. The molecule has 0 fully saturated rings. The molecule has 0 amide bonds. The molecule has 1 atom stereocenters. The van der Waals surface area contributed by atoms with E-state index in [1.807, 2.05) is 13.8 Å². The number of ketones is 1. The molecule has 0 aliphatic heterocycles. The van der Waals surface area contributed by atoms with Crippen molar-refractivity contribution in [3.63, 3.8) is 0 Å². The van der Waals surface area contributed by atoms with E-state index in [0.717, 1.165) is 6.42 Å². The van der Waals surface area contributed by atoms with Gasteiger partial charge in [-0.2, -0.15) is 0 Å². The van der Waals surface area contributed by atoms with Crippen LogP contribution < -0.4 is 5.73 Å². The molecular formula is C14H19ClFNO. The Morgan fingerprint density at radius 2 is 2.11 bits per heavy atom. The molecule has 18 heavy (non-hydrogen) atoms. The fourth-order valence-corrected chi connectivity index (χ4v) is 2.14. The van der Waals surface area contributed by atoms with Crippen molar-refractivity contribution >= 4 is 17.4 Å². The summed E-state index contributed by atoms with van der Waals surface area (Å²) in [5.74, 6) is -0.233. The van der Waals surface area contributed by atoms with Gasteiger partial charge in [-0.15, -0.1) is 0 Å². The molecule has 2 nitrogen and oxygen atoms in total. The van der Waals surface area contributed by atoms with Crippen LogP contribution in [0.25, 0.3) is 0 Å². The number of carbonyl (C=O) groups excluding carboxylic acids is 1. The van der Waals surface area contributed by atoms with Crippen LogP contribution in [0, 0.1) is 17.7 Å². The Hall–Kier alpha value is -0.930. The lowest BCUT2D eigenvalue weighted by molar-refractivity contribution is -0.122. The second-order valence-corrected chi connectivity index (χ2v) is 5.30. The Kier molecular flexibility index (Phi) is 5.76. The molecule has 0 radical (unpaired) electrons. The van der Waals surface area contributed by atoms with E-state index in [1.54, 1.807) is 12.1 Å². The molecule has 100 valence electrons. The van der Waals surface area contributed by atoms with Crippen LogP contribution in [0.15, 0.2) is 18.2 Å². The van der Waals surface area contributed by atoms with Crippen LogP contribution in [0.4, 0.5) is 4.39 Å². The number of Topliss-reactive ketones (excluding diaryl/α,β-unsaturated/α-hetero) is 1. The van der Waals surface area contributed by atoms with E-state index >= 15 is 0 Å². The lowest BCUT2D eigenvalue weighted by Gasteiger charge is -2.16. The zero-order valence-corrected chi connectivity index (χ0v) is 11.5. The van der Waals surface area contributed by atoms with Crippen molar-refractivity contribution in [3.05, 3.63) is 34.6 Å². The molecule has 0 saturated heterocycles. The van der Waals surface area contributed by atoms with E-state index in [0.29, 0.717) is 18.0 Å². The predicted octanol–water partition coefficient (Wildman–Crippen LogP) is 3.21. The number of benzene rings is 1. The molecule has 1 rings (SSSR count). The van der Waals surface area contributed by atoms with Crippen molar-refractivity contribution in [2.24, 2.45) is 17.6 Å². The number of nitrogens with two attached hydrogens (primary N) is 1. The maximum Gasteiger partial charge on any atom is 0.142 e. The van der Waals surface area contributed by atoms with Crippen molar-refractivity contribution in [1.29, 1.82) is 0 Å². The van der Waals surface area contributed by atoms with Gasteiger partial charge in [-0.05, 0) is 24.0 Å². The number of rotatable bonds is 6. The maximum absolute atomic E-state index is 13.3. The van der Waals surface area contributed by atoms with Gasteiger partial charge in [0.15, 0.2) is 0 Å². The predicted molar refractivity (Wildman–Crippen MR) is 72.1 cm³/mol. The van der Waals surface area contributed by atoms with Gasteiger partial charge in [0.2, 0.25) is 0 Å². The lowest BCUT2D eigenvalue weighted by Crippen LogP contribution is -2.26. The fraction of sp³-hybridized carbons (Fsp3) is 0.500. The summed E-state index contributed by atoms with van der Waals surface area (Å²) in [6, 6.07) is 4.51. The Bertz CT molecular complexity index is 420. The quantitative estimate of drug-likeness (QED) is 0.863. The minimum atomic E-state index is -0.491. The summed E-state index contributed by atoms with van der Waals surface area (Å²) in [5, 5.41) is 0.0335. The normalized spacial score (nSPS) is 12.8. The van der Waals surface area contributed by atoms with Gasteiger partial charge in [-0.3, -0.25) is 4.79 Å². The van der Waals surface area contributed by atoms with Gasteiger partial charge >= 0.3 is 0 Å². The standard InChI is InChI=1S/C14H19ClFNO/c1-9(2)6-11(8-17)13(18)7-10-4-3-5-12(16)14(10)15/h3-5,9,11H,6-8,17H2,1-2H3. The molecule has 4 heteroatoms. The molecule has 1 aromatic rings. The summed E-state index contributed by atoms with van der Waals surface area (Å²) < 4.78 is 13.3. The van der Waals surface area contributed by atoms with Gasteiger partial charge in [-0.1, -0.05) is 37.6 Å². The highest BCUT2D eigenvalue weighted by Crippen LogP contribution is 2.22. The SMILES string of the molecule is CC(C)CC(CN)C(=O)Cc1cccc(F)c1Cl. The average Bonchev–Trinajstić information content (AvgIpc) is 2.31. The van der Waals surface area contributed by atoms with Crippen molar-refractivity contribution in [1.82, 2.24) is 0 Å². The first-order valence-electron chi connectivity index (χ1n) is 6.11. The summed E-state index contributed by atoms with van der Waals surface area (Å²) in [5.41, 5.74) is 6.15. The Balaban J connectivity index is 2.77. The highest BCUT2D eigenvalue weighted by molar-refractivity contribution is 6.31. The summed E-state index contributed by atoms with van der Waals surface area (Å²) in [7, 11) is 0. The molecular weight excluding hydrogens is 253 g/mol. The molecule has 0 saturated carbocycles. The van der Waals surface area contributed by atoms with Gasteiger partial charge < -0.3 is 5.73 Å². The van der Waals surface area contributed by atoms with Crippen molar-refractivity contribution in [3.8, 4) is 0 Å². The zero-order valence-electron chi connectivity index (χ0n) is 10.7.